The molecular weight excluding hydrogens is 364 g/mol. The van der Waals surface area contributed by atoms with Crippen LogP contribution in [0.15, 0.2) is 60.8 Å². The Labute approximate surface area is 162 Å². The Morgan fingerprint density at radius 3 is 2.41 bits per heavy atom. The monoisotopic (exact) mass is 382 g/mol. The quantitative estimate of drug-likeness (QED) is 0.519. The van der Waals surface area contributed by atoms with Gasteiger partial charge in [-0.3, -0.25) is 4.79 Å². The number of benzene rings is 1. The Kier molecular flexibility index (Phi) is 6.54. The Hall–Kier alpha value is -3.19. The van der Waals surface area contributed by atoms with E-state index in [1.807, 2.05) is 42.5 Å². The summed E-state index contributed by atoms with van der Waals surface area (Å²) in [6.07, 6.45) is 1.96. The third-order valence-electron chi connectivity index (χ3n) is 3.65. The van der Waals surface area contributed by atoms with Crippen molar-refractivity contribution in [1.29, 1.82) is 0 Å². The number of nitrogens with zero attached hydrogens (tertiary/aromatic N) is 3. The molecular formula is C19H19ClN6O. The van der Waals surface area contributed by atoms with Gasteiger partial charge in [0.15, 0.2) is 5.82 Å². The zero-order valence-corrected chi connectivity index (χ0v) is 15.3. The second-order valence-electron chi connectivity index (χ2n) is 5.69. The molecule has 3 rings (SSSR count). The molecule has 2 heterocycles. The van der Waals surface area contributed by atoms with E-state index in [0.29, 0.717) is 35.6 Å². The number of carbonyl (C=O) groups excluding carboxylic acids is 1. The molecule has 0 fully saturated rings. The van der Waals surface area contributed by atoms with Crippen molar-refractivity contribution >= 4 is 35.0 Å². The van der Waals surface area contributed by atoms with Crippen molar-refractivity contribution in [3.05, 3.63) is 71.4 Å². The van der Waals surface area contributed by atoms with Gasteiger partial charge in [-0.25, -0.2) is 4.98 Å². The Morgan fingerprint density at radius 1 is 0.889 bits per heavy atom. The summed E-state index contributed by atoms with van der Waals surface area (Å²) in [5, 5.41) is 17.8. The van der Waals surface area contributed by atoms with Gasteiger partial charge in [0.05, 0.1) is 6.42 Å². The second kappa shape index (κ2) is 9.49. The lowest BCUT2D eigenvalue weighted by Crippen LogP contribution is -2.30. The minimum atomic E-state index is -0.0779. The largest absolute Gasteiger partial charge is 0.367 e. The van der Waals surface area contributed by atoms with E-state index < -0.39 is 0 Å². The van der Waals surface area contributed by atoms with Gasteiger partial charge in [-0.15, -0.1) is 10.2 Å². The molecule has 0 aliphatic carbocycles. The summed E-state index contributed by atoms with van der Waals surface area (Å²) in [5.41, 5.74) is 0.812. The molecule has 8 heteroatoms. The molecule has 0 saturated carbocycles. The molecule has 1 amide bonds. The maximum Gasteiger partial charge on any atom is 0.224 e. The first kappa shape index (κ1) is 18.6. The first-order valence-electron chi connectivity index (χ1n) is 8.46. The molecule has 2 aromatic heterocycles. The van der Waals surface area contributed by atoms with Gasteiger partial charge >= 0.3 is 0 Å². The standard InChI is InChI=1S/C19H19ClN6O/c20-15-6-2-1-5-14(15)13-19(27)23-12-11-22-17-8-9-18(26-25-17)24-16-7-3-4-10-21-16/h1-10H,11-13H2,(H,22,25)(H,23,27)(H,21,24,26). The molecule has 1 aromatic carbocycles. The summed E-state index contributed by atoms with van der Waals surface area (Å²) in [6, 6.07) is 16.5. The van der Waals surface area contributed by atoms with Crippen molar-refractivity contribution in [2.24, 2.45) is 0 Å². The van der Waals surface area contributed by atoms with E-state index in [0.717, 1.165) is 5.56 Å². The summed E-state index contributed by atoms with van der Waals surface area (Å²) in [6.45, 7) is 1.01. The van der Waals surface area contributed by atoms with Gasteiger partial charge in [-0.2, -0.15) is 0 Å². The fraction of sp³-hybridized carbons (Fsp3) is 0.158. The van der Waals surface area contributed by atoms with E-state index in [1.54, 1.807) is 18.3 Å². The highest BCUT2D eigenvalue weighted by Gasteiger charge is 2.06. The smallest absolute Gasteiger partial charge is 0.224 e. The van der Waals surface area contributed by atoms with Crippen molar-refractivity contribution in [3.63, 3.8) is 0 Å². The topological polar surface area (TPSA) is 91.8 Å². The molecule has 0 bridgehead atoms. The van der Waals surface area contributed by atoms with Crippen LogP contribution in [0.3, 0.4) is 0 Å². The molecule has 3 N–H and O–H groups in total. The van der Waals surface area contributed by atoms with Crippen molar-refractivity contribution in [3.8, 4) is 0 Å². The fourth-order valence-corrected chi connectivity index (χ4v) is 2.53. The lowest BCUT2D eigenvalue weighted by Gasteiger charge is -2.08. The highest BCUT2D eigenvalue weighted by atomic mass is 35.5. The number of anilines is 3. The third kappa shape index (κ3) is 5.93. The fourth-order valence-electron chi connectivity index (χ4n) is 2.33. The number of halogens is 1. The maximum atomic E-state index is 12.0. The van der Waals surface area contributed by atoms with E-state index in [4.69, 9.17) is 11.6 Å². The van der Waals surface area contributed by atoms with Crippen LogP contribution in [-0.2, 0) is 11.2 Å². The van der Waals surface area contributed by atoms with Crippen LogP contribution in [-0.4, -0.2) is 34.2 Å². The van der Waals surface area contributed by atoms with Crippen LogP contribution in [0.4, 0.5) is 17.5 Å². The summed E-state index contributed by atoms with van der Waals surface area (Å²) in [5.74, 6) is 1.86. The van der Waals surface area contributed by atoms with Gasteiger partial charge in [0.2, 0.25) is 5.91 Å². The highest BCUT2D eigenvalue weighted by molar-refractivity contribution is 6.31. The zero-order valence-electron chi connectivity index (χ0n) is 14.5. The maximum absolute atomic E-state index is 12.0. The number of rotatable bonds is 8. The van der Waals surface area contributed by atoms with Crippen molar-refractivity contribution in [1.82, 2.24) is 20.5 Å². The van der Waals surface area contributed by atoms with Crippen molar-refractivity contribution < 1.29 is 4.79 Å². The SMILES string of the molecule is O=C(Cc1ccccc1Cl)NCCNc1ccc(Nc2ccccn2)nn1. The van der Waals surface area contributed by atoms with Crippen LogP contribution in [0, 0.1) is 0 Å². The number of hydrogen-bond acceptors (Lipinski definition) is 6. The summed E-state index contributed by atoms with van der Waals surface area (Å²) < 4.78 is 0. The average molecular weight is 383 g/mol. The molecule has 0 aliphatic heterocycles. The molecule has 0 aliphatic rings. The van der Waals surface area contributed by atoms with Crippen LogP contribution >= 0.6 is 11.6 Å². The molecule has 0 radical (unpaired) electrons. The predicted molar refractivity (Wildman–Crippen MR) is 106 cm³/mol. The Bertz CT molecular complexity index is 873. The van der Waals surface area contributed by atoms with Gasteiger partial charge in [-0.05, 0) is 35.9 Å². The number of nitrogens with one attached hydrogen (secondary N) is 3. The van der Waals surface area contributed by atoms with Gasteiger partial charge in [0, 0.05) is 24.3 Å². The van der Waals surface area contributed by atoms with Gasteiger partial charge in [0.25, 0.3) is 0 Å². The summed E-state index contributed by atoms with van der Waals surface area (Å²) in [7, 11) is 0. The average Bonchev–Trinajstić information content (AvgIpc) is 2.69. The van der Waals surface area contributed by atoms with E-state index in [-0.39, 0.29) is 12.3 Å². The predicted octanol–water partition coefficient (Wildman–Crippen LogP) is 3.04. The number of pyridine rings is 1. The van der Waals surface area contributed by atoms with Crippen LogP contribution in [0.2, 0.25) is 5.02 Å². The summed E-state index contributed by atoms with van der Waals surface area (Å²) >= 11 is 6.06. The summed E-state index contributed by atoms with van der Waals surface area (Å²) in [4.78, 5) is 16.1. The number of carbonyl (C=O) groups is 1. The lowest BCUT2D eigenvalue weighted by molar-refractivity contribution is -0.120. The normalized spacial score (nSPS) is 10.3. The van der Waals surface area contributed by atoms with E-state index in [1.165, 1.54) is 0 Å². The van der Waals surface area contributed by atoms with Gasteiger partial charge in [0.1, 0.15) is 11.6 Å². The lowest BCUT2D eigenvalue weighted by atomic mass is 10.1. The van der Waals surface area contributed by atoms with E-state index >= 15 is 0 Å². The first-order valence-corrected chi connectivity index (χ1v) is 8.84. The Morgan fingerprint density at radius 2 is 1.67 bits per heavy atom. The molecule has 7 nitrogen and oxygen atoms in total. The molecule has 138 valence electrons. The van der Waals surface area contributed by atoms with Crippen LogP contribution in [0.25, 0.3) is 0 Å². The van der Waals surface area contributed by atoms with Crippen molar-refractivity contribution in [2.75, 3.05) is 23.7 Å². The van der Waals surface area contributed by atoms with Gasteiger partial charge in [-0.1, -0.05) is 35.9 Å². The third-order valence-corrected chi connectivity index (χ3v) is 4.02. The molecule has 0 spiro atoms. The zero-order chi connectivity index (χ0) is 18.9. The Balaban J connectivity index is 1.39. The number of hydrogen-bond donors (Lipinski definition) is 3. The molecule has 0 atom stereocenters. The minimum Gasteiger partial charge on any atom is -0.367 e. The van der Waals surface area contributed by atoms with Crippen molar-refractivity contribution in [2.45, 2.75) is 6.42 Å². The van der Waals surface area contributed by atoms with Crippen LogP contribution in [0.5, 0.6) is 0 Å². The molecule has 0 saturated heterocycles. The minimum absolute atomic E-state index is 0.0779. The molecule has 3 aromatic rings. The number of aromatic nitrogens is 3. The van der Waals surface area contributed by atoms with E-state index in [9.17, 15) is 4.79 Å². The van der Waals surface area contributed by atoms with Crippen LogP contribution < -0.4 is 16.0 Å². The second-order valence-corrected chi connectivity index (χ2v) is 6.10. The first-order chi connectivity index (χ1) is 13.2. The number of amides is 1. The van der Waals surface area contributed by atoms with Gasteiger partial charge < -0.3 is 16.0 Å². The molecule has 27 heavy (non-hydrogen) atoms. The van der Waals surface area contributed by atoms with Crippen LogP contribution in [0.1, 0.15) is 5.56 Å². The molecule has 0 unspecified atom stereocenters. The highest BCUT2D eigenvalue weighted by Crippen LogP contribution is 2.15. The van der Waals surface area contributed by atoms with E-state index in [2.05, 4.69) is 31.1 Å².